The lowest BCUT2D eigenvalue weighted by atomic mass is 9.94. The third-order valence-corrected chi connectivity index (χ3v) is 5.50. The number of piperidine rings is 1. The van der Waals surface area contributed by atoms with Crippen molar-refractivity contribution in [2.24, 2.45) is 11.7 Å². The number of hydrogen-bond acceptors (Lipinski definition) is 4. The van der Waals surface area contributed by atoms with Gasteiger partial charge in [-0.15, -0.1) is 0 Å². The van der Waals surface area contributed by atoms with Crippen LogP contribution in [0.2, 0.25) is 0 Å². The summed E-state index contributed by atoms with van der Waals surface area (Å²) in [6, 6.07) is 7.16. The van der Waals surface area contributed by atoms with Gasteiger partial charge in [0.05, 0.1) is 4.90 Å². The van der Waals surface area contributed by atoms with E-state index in [0.29, 0.717) is 17.4 Å². The summed E-state index contributed by atoms with van der Waals surface area (Å²) in [5, 5.41) is 0. The maximum Gasteiger partial charge on any atom is 0.240 e. The third-order valence-electron chi connectivity index (χ3n) is 3.94. The highest BCUT2D eigenvalue weighted by molar-refractivity contribution is 7.89. The van der Waals surface area contributed by atoms with Gasteiger partial charge < -0.3 is 10.6 Å². The average Bonchev–Trinajstić information content (AvgIpc) is 2.48. The maximum atomic E-state index is 11.9. The summed E-state index contributed by atoms with van der Waals surface area (Å²) in [5.74, 6) is 0.647. The van der Waals surface area contributed by atoms with Crippen LogP contribution in [0.5, 0.6) is 0 Å². The van der Waals surface area contributed by atoms with Crippen LogP contribution in [0.3, 0.4) is 0 Å². The van der Waals surface area contributed by atoms with Crippen molar-refractivity contribution >= 4 is 15.7 Å². The van der Waals surface area contributed by atoms with Crippen molar-refractivity contribution in [2.75, 3.05) is 31.1 Å². The minimum atomic E-state index is -3.36. The van der Waals surface area contributed by atoms with E-state index in [1.54, 1.807) is 19.1 Å². The van der Waals surface area contributed by atoms with E-state index in [0.717, 1.165) is 31.7 Å². The standard InChI is InChI=1S/C15H25N3O2S/c1-2-17-21(19,20)15-7-5-14(6-8-15)18-11-3-4-13(12-18)9-10-16/h5-8,13,17H,2-4,9-12,16H2,1H3. The van der Waals surface area contributed by atoms with Crippen LogP contribution in [0.4, 0.5) is 5.69 Å². The van der Waals surface area contributed by atoms with Crippen molar-refractivity contribution in [1.82, 2.24) is 4.72 Å². The van der Waals surface area contributed by atoms with Crippen LogP contribution in [-0.2, 0) is 10.0 Å². The van der Waals surface area contributed by atoms with Gasteiger partial charge in [0.2, 0.25) is 10.0 Å². The number of nitrogens with one attached hydrogen (secondary N) is 1. The second-order valence-electron chi connectivity index (χ2n) is 5.53. The fourth-order valence-electron chi connectivity index (χ4n) is 2.88. The SMILES string of the molecule is CCNS(=O)(=O)c1ccc(N2CCCC(CCN)C2)cc1. The second-order valence-corrected chi connectivity index (χ2v) is 7.29. The van der Waals surface area contributed by atoms with E-state index in [2.05, 4.69) is 9.62 Å². The molecule has 1 aromatic carbocycles. The molecule has 1 heterocycles. The molecule has 3 N–H and O–H groups in total. The van der Waals surface area contributed by atoms with Gasteiger partial charge in [-0.25, -0.2) is 13.1 Å². The van der Waals surface area contributed by atoms with Crippen molar-refractivity contribution < 1.29 is 8.42 Å². The Labute approximate surface area is 127 Å². The summed E-state index contributed by atoms with van der Waals surface area (Å²) >= 11 is 0. The van der Waals surface area contributed by atoms with Gasteiger partial charge in [0.25, 0.3) is 0 Å². The van der Waals surface area contributed by atoms with E-state index in [1.165, 1.54) is 12.8 Å². The molecular formula is C15H25N3O2S. The molecule has 1 aliphatic rings. The molecule has 1 unspecified atom stereocenters. The molecule has 0 aromatic heterocycles. The summed E-state index contributed by atoms with van der Waals surface area (Å²) in [6.45, 7) is 4.95. The number of rotatable bonds is 6. The van der Waals surface area contributed by atoms with Crippen LogP contribution in [0, 0.1) is 5.92 Å². The molecule has 118 valence electrons. The number of benzene rings is 1. The molecule has 0 bridgehead atoms. The molecule has 1 aromatic rings. The molecule has 1 aliphatic heterocycles. The predicted molar refractivity (Wildman–Crippen MR) is 85.9 cm³/mol. The average molecular weight is 311 g/mol. The monoisotopic (exact) mass is 311 g/mol. The van der Waals surface area contributed by atoms with Gasteiger partial charge in [-0.2, -0.15) is 0 Å². The molecular weight excluding hydrogens is 286 g/mol. The lowest BCUT2D eigenvalue weighted by Gasteiger charge is -2.34. The van der Waals surface area contributed by atoms with E-state index in [9.17, 15) is 8.42 Å². The third kappa shape index (κ3) is 4.18. The van der Waals surface area contributed by atoms with E-state index in [1.807, 2.05) is 12.1 Å². The van der Waals surface area contributed by atoms with Crippen LogP contribution in [0.1, 0.15) is 26.2 Å². The smallest absolute Gasteiger partial charge is 0.240 e. The Balaban J connectivity index is 2.08. The number of nitrogens with two attached hydrogens (primary N) is 1. The quantitative estimate of drug-likeness (QED) is 0.836. The topological polar surface area (TPSA) is 75.4 Å². The Kier molecular flexibility index (Phi) is 5.61. The molecule has 0 spiro atoms. The largest absolute Gasteiger partial charge is 0.371 e. The summed E-state index contributed by atoms with van der Waals surface area (Å²) in [6.07, 6.45) is 3.46. The molecule has 1 atom stereocenters. The molecule has 0 saturated carbocycles. The van der Waals surface area contributed by atoms with Crippen molar-refractivity contribution in [2.45, 2.75) is 31.1 Å². The number of anilines is 1. The minimum Gasteiger partial charge on any atom is -0.371 e. The van der Waals surface area contributed by atoms with E-state index in [-0.39, 0.29) is 0 Å². The van der Waals surface area contributed by atoms with Gasteiger partial charge in [-0.1, -0.05) is 6.92 Å². The van der Waals surface area contributed by atoms with Crippen LogP contribution >= 0.6 is 0 Å². The van der Waals surface area contributed by atoms with Gasteiger partial charge >= 0.3 is 0 Å². The molecule has 0 amide bonds. The molecule has 21 heavy (non-hydrogen) atoms. The van der Waals surface area contributed by atoms with Crippen LogP contribution in [-0.4, -0.2) is 34.6 Å². The summed E-state index contributed by atoms with van der Waals surface area (Å²) in [5.41, 5.74) is 6.74. The van der Waals surface area contributed by atoms with Crippen LogP contribution < -0.4 is 15.4 Å². The predicted octanol–water partition coefficient (Wildman–Crippen LogP) is 1.55. The molecule has 6 heteroatoms. The van der Waals surface area contributed by atoms with Crippen molar-refractivity contribution in [1.29, 1.82) is 0 Å². The molecule has 5 nitrogen and oxygen atoms in total. The van der Waals surface area contributed by atoms with Gasteiger partial charge in [-0.05, 0) is 56.0 Å². The first kappa shape index (κ1) is 16.3. The Hall–Kier alpha value is -1.11. The van der Waals surface area contributed by atoms with Gasteiger partial charge in [-0.3, -0.25) is 0 Å². The first-order valence-corrected chi connectivity index (χ1v) is 9.10. The summed E-state index contributed by atoms with van der Waals surface area (Å²) in [7, 11) is -3.36. The van der Waals surface area contributed by atoms with E-state index < -0.39 is 10.0 Å². The lowest BCUT2D eigenvalue weighted by molar-refractivity contribution is 0.396. The lowest BCUT2D eigenvalue weighted by Crippen LogP contribution is -2.36. The number of nitrogens with zero attached hydrogens (tertiary/aromatic N) is 1. The van der Waals surface area contributed by atoms with Crippen LogP contribution in [0.15, 0.2) is 29.2 Å². The summed E-state index contributed by atoms with van der Waals surface area (Å²) < 4.78 is 26.3. The molecule has 0 radical (unpaired) electrons. The van der Waals surface area contributed by atoms with Crippen molar-refractivity contribution in [3.8, 4) is 0 Å². The minimum absolute atomic E-state index is 0.323. The second kappa shape index (κ2) is 7.24. The fraction of sp³-hybridized carbons (Fsp3) is 0.600. The van der Waals surface area contributed by atoms with Crippen LogP contribution in [0.25, 0.3) is 0 Å². The highest BCUT2D eigenvalue weighted by Crippen LogP contribution is 2.25. The van der Waals surface area contributed by atoms with Crippen molar-refractivity contribution in [3.05, 3.63) is 24.3 Å². The molecule has 1 fully saturated rings. The number of hydrogen-bond donors (Lipinski definition) is 2. The van der Waals surface area contributed by atoms with E-state index >= 15 is 0 Å². The molecule has 2 rings (SSSR count). The van der Waals surface area contributed by atoms with Gasteiger partial charge in [0.1, 0.15) is 0 Å². The molecule has 0 aliphatic carbocycles. The molecule has 1 saturated heterocycles. The first-order valence-electron chi connectivity index (χ1n) is 7.61. The van der Waals surface area contributed by atoms with Gasteiger partial charge in [0, 0.05) is 25.3 Å². The Morgan fingerprint density at radius 3 is 2.67 bits per heavy atom. The number of sulfonamides is 1. The highest BCUT2D eigenvalue weighted by atomic mass is 32.2. The normalized spacial score (nSPS) is 19.7. The van der Waals surface area contributed by atoms with Gasteiger partial charge in [0.15, 0.2) is 0 Å². The van der Waals surface area contributed by atoms with E-state index in [4.69, 9.17) is 5.73 Å². The summed E-state index contributed by atoms with van der Waals surface area (Å²) in [4.78, 5) is 2.65. The first-order chi connectivity index (χ1) is 10.1. The Morgan fingerprint density at radius 2 is 2.05 bits per heavy atom. The highest BCUT2D eigenvalue weighted by Gasteiger charge is 2.20. The zero-order valence-corrected chi connectivity index (χ0v) is 13.4. The zero-order chi connectivity index (χ0) is 15.3. The Morgan fingerprint density at radius 1 is 1.33 bits per heavy atom. The maximum absolute atomic E-state index is 11.9. The Bertz CT molecular complexity index is 541. The zero-order valence-electron chi connectivity index (χ0n) is 12.6. The fourth-order valence-corrected chi connectivity index (χ4v) is 3.92. The van der Waals surface area contributed by atoms with Crippen molar-refractivity contribution in [3.63, 3.8) is 0 Å².